The standard InChI is InChI=1S/C17H15F3N4O2/c1-9-13(10(2)22-16(21-9)25-3)8-11-4-6-12(7-5-11)14-23-15(26-24-14)17(18,19)20/h4-7H,8H2,1-3H3. The number of ether oxygens (including phenoxy) is 1. The molecular weight excluding hydrogens is 349 g/mol. The molecule has 0 fully saturated rings. The fourth-order valence-electron chi connectivity index (χ4n) is 2.49. The topological polar surface area (TPSA) is 73.9 Å². The first-order valence-corrected chi connectivity index (χ1v) is 7.66. The molecule has 0 unspecified atom stereocenters. The SMILES string of the molecule is COc1nc(C)c(Cc2ccc(-c3noc(C(F)(F)F)n3)cc2)c(C)n1. The monoisotopic (exact) mass is 364 g/mol. The van der Waals surface area contributed by atoms with Crippen LogP contribution >= 0.6 is 0 Å². The Bertz CT molecular complexity index is 897. The summed E-state index contributed by atoms with van der Waals surface area (Å²) in [4.78, 5) is 11.9. The molecule has 0 aliphatic rings. The Morgan fingerprint density at radius 1 is 1.00 bits per heavy atom. The van der Waals surface area contributed by atoms with Crippen molar-refractivity contribution < 1.29 is 22.4 Å². The normalized spacial score (nSPS) is 11.6. The molecule has 136 valence electrons. The summed E-state index contributed by atoms with van der Waals surface area (Å²) in [5.74, 6) is -1.47. The molecule has 3 aromatic rings. The lowest BCUT2D eigenvalue weighted by atomic mass is 10.0. The summed E-state index contributed by atoms with van der Waals surface area (Å²) in [5, 5.41) is 3.37. The van der Waals surface area contributed by atoms with Crippen LogP contribution in [0.1, 0.15) is 28.4 Å². The van der Waals surface area contributed by atoms with Crippen molar-refractivity contribution in [1.29, 1.82) is 0 Å². The lowest BCUT2D eigenvalue weighted by Gasteiger charge is -2.10. The van der Waals surface area contributed by atoms with E-state index in [-0.39, 0.29) is 5.82 Å². The van der Waals surface area contributed by atoms with Gasteiger partial charge in [-0.2, -0.15) is 18.2 Å². The smallest absolute Gasteiger partial charge is 0.467 e. The Morgan fingerprint density at radius 3 is 2.12 bits per heavy atom. The van der Waals surface area contributed by atoms with Crippen LogP contribution in [-0.4, -0.2) is 27.2 Å². The van der Waals surface area contributed by atoms with E-state index in [1.165, 1.54) is 7.11 Å². The minimum absolute atomic E-state index is 0.107. The zero-order valence-electron chi connectivity index (χ0n) is 14.3. The molecule has 6 nitrogen and oxygen atoms in total. The third-order valence-electron chi connectivity index (χ3n) is 3.84. The van der Waals surface area contributed by atoms with Gasteiger partial charge in [-0.15, -0.1) is 0 Å². The third kappa shape index (κ3) is 3.66. The van der Waals surface area contributed by atoms with E-state index in [1.54, 1.807) is 24.3 Å². The summed E-state index contributed by atoms with van der Waals surface area (Å²) in [7, 11) is 1.51. The fraction of sp³-hybridized carbons (Fsp3) is 0.294. The molecule has 26 heavy (non-hydrogen) atoms. The van der Waals surface area contributed by atoms with Crippen LogP contribution in [0.2, 0.25) is 0 Å². The number of hydrogen-bond acceptors (Lipinski definition) is 6. The van der Waals surface area contributed by atoms with Crippen molar-refractivity contribution in [2.24, 2.45) is 0 Å². The largest absolute Gasteiger partial charge is 0.471 e. The molecule has 0 amide bonds. The van der Waals surface area contributed by atoms with Gasteiger partial charge in [0.25, 0.3) is 0 Å². The van der Waals surface area contributed by atoms with Crippen LogP contribution < -0.4 is 4.74 Å². The number of alkyl halides is 3. The first-order chi connectivity index (χ1) is 12.3. The van der Waals surface area contributed by atoms with E-state index in [9.17, 15) is 13.2 Å². The van der Waals surface area contributed by atoms with Gasteiger partial charge >= 0.3 is 18.1 Å². The maximum atomic E-state index is 12.5. The Morgan fingerprint density at radius 2 is 1.62 bits per heavy atom. The zero-order chi connectivity index (χ0) is 18.9. The zero-order valence-corrected chi connectivity index (χ0v) is 14.3. The van der Waals surface area contributed by atoms with Gasteiger partial charge in [-0.1, -0.05) is 29.4 Å². The van der Waals surface area contributed by atoms with Crippen molar-refractivity contribution in [3.05, 3.63) is 52.7 Å². The number of aromatic nitrogens is 4. The molecule has 0 atom stereocenters. The Hall–Kier alpha value is -2.97. The van der Waals surface area contributed by atoms with E-state index in [0.717, 1.165) is 22.5 Å². The minimum Gasteiger partial charge on any atom is -0.467 e. The van der Waals surface area contributed by atoms with Crippen molar-refractivity contribution in [2.45, 2.75) is 26.4 Å². The van der Waals surface area contributed by atoms with E-state index in [0.29, 0.717) is 18.0 Å². The molecule has 1 aromatic carbocycles. The van der Waals surface area contributed by atoms with Gasteiger partial charge in [0.2, 0.25) is 5.82 Å². The summed E-state index contributed by atoms with van der Waals surface area (Å²) >= 11 is 0. The van der Waals surface area contributed by atoms with Gasteiger partial charge in [0.05, 0.1) is 7.11 Å². The highest BCUT2D eigenvalue weighted by Crippen LogP contribution is 2.29. The molecule has 0 radical (unpaired) electrons. The lowest BCUT2D eigenvalue weighted by molar-refractivity contribution is -0.159. The first-order valence-electron chi connectivity index (χ1n) is 7.66. The first kappa shape index (κ1) is 17.8. The molecule has 0 spiro atoms. The van der Waals surface area contributed by atoms with Crippen LogP contribution in [0.15, 0.2) is 28.8 Å². The van der Waals surface area contributed by atoms with Crippen molar-refractivity contribution in [1.82, 2.24) is 20.1 Å². The van der Waals surface area contributed by atoms with Gasteiger partial charge in [0, 0.05) is 23.4 Å². The van der Waals surface area contributed by atoms with Crippen LogP contribution in [0.5, 0.6) is 6.01 Å². The summed E-state index contributed by atoms with van der Waals surface area (Å²) in [6.45, 7) is 3.75. The predicted octanol–water partition coefficient (Wildman–Crippen LogP) is 3.76. The molecule has 0 saturated carbocycles. The highest BCUT2D eigenvalue weighted by molar-refractivity contribution is 5.55. The number of nitrogens with zero attached hydrogens (tertiary/aromatic N) is 4. The maximum absolute atomic E-state index is 12.5. The number of rotatable bonds is 4. The quantitative estimate of drug-likeness (QED) is 0.702. The number of halogens is 3. The molecule has 3 rings (SSSR count). The molecule has 0 bridgehead atoms. The van der Waals surface area contributed by atoms with Gasteiger partial charge in [-0.25, -0.2) is 9.97 Å². The van der Waals surface area contributed by atoms with Crippen molar-refractivity contribution in [2.75, 3.05) is 7.11 Å². The number of aryl methyl sites for hydroxylation is 2. The predicted molar refractivity (Wildman–Crippen MR) is 85.6 cm³/mol. The van der Waals surface area contributed by atoms with Gasteiger partial charge in [-0.3, -0.25) is 0 Å². The van der Waals surface area contributed by atoms with E-state index in [1.807, 2.05) is 13.8 Å². The van der Waals surface area contributed by atoms with Gasteiger partial charge in [0.15, 0.2) is 0 Å². The minimum atomic E-state index is -4.66. The van der Waals surface area contributed by atoms with Crippen LogP contribution in [-0.2, 0) is 12.6 Å². The Kier molecular flexibility index (Phi) is 4.62. The summed E-state index contributed by atoms with van der Waals surface area (Å²) in [5.41, 5.74) is 3.98. The van der Waals surface area contributed by atoms with Crippen LogP contribution in [0.4, 0.5) is 13.2 Å². The van der Waals surface area contributed by atoms with Gasteiger partial charge < -0.3 is 9.26 Å². The van der Waals surface area contributed by atoms with Crippen LogP contribution in [0.25, 0.3) is 11.4 Å². The molecule has 0 N–H and O–H groups in total. The van der Waals surface area contributed by atoms with E-state index in [4.69, 9.17) is 4.74 Å². The maximum Gasteiger partial charge on any atom is 0.471 e. The van der Waals surface area contributed by atoms with E-state index in [2.05, 4.69) is 24.6 Å². The van der Waals surface area contributed by atoms with Crippen molar-refractivity contribution >= 4 is 0 Å². The van der Waals surface area contributed by atoms with Crippen LogP contribution in [0, 0.1) is 13.8 Å². The van der Waals surface area contributed by atoms with Gasteiger partial charge in [0.1, 0.15) is 0 Å². The van der Waals surface area contributed by atoms with Gasteiger partial charge in [-0.05, 0) is 25.0 Å². The molecule has 0 aliphatic carbocycles. The molecule has 9 heteroatoms. The molecule has 0 saturated heterocycles. The number of methoxy groups -OCH3 is 1. The Labute approximate surface area is 147 Å². The molecule has 2 heterocycles. The van der Waals surface area contributed by atoms with E-state index >= 15 is 0 Å². The van der Waals surface area contributed by atoms with E-state index < -0.39 is 12.1 Å². The average Bonchev–Trinajstić information content (AvgIpc) is 3.09. The highest BCUT2D eigenvalue weighted by Gasteiger charge is 2.38. The molecule has 2 aromatic heterocycles. The Balaban J connectivity index is 1.81. The van der Waals surface area contributed by atoms with Crippen molar-refractivity contribution in [3.63, 3.8) is 0 Å². The lowest BCUT2D eigenvalue weighted by Crippen LogP contribution is -2.04. The second kappa shape index (κ2) is 6.74. The second-order valence-electron chi connectivity index (χ2n) is 5.65. The average molecular weight is 364 g/mol. The summed E-state index contributed by atoms with van der Waals surface area (Å²) in [6, 6.07) is 7.20. The number of hydrogen-bond donors (Lipinski definition) is 0. The van der Waals surface area contributed by atoms with Crippen molar-refractivity contribution in [3.8, 4) is 17.4 Å². The second-order valence-corrected chi connectivity index (χ2v) is 5.65. The third-order valence-corrected chi connectivity index (χ3v) is 3.84. The van der Waals surface area contributed by atoms with Crippen LogP contribution in [0.3, 0.4) is 0 Å². The molecule has 0 aliphatic heterocycles. The summed E-state index contributed by atoms with van der Waals surface area (Å²) in [6.07, 6.45) is -4.07. The highest BCUT2D eigenvalue weighted by atomic mass is 19.4. The fourth-order valence-corrected chi connectivity index (χ4v) is 2.49. The number of benzene rings is 1. The molecular formula is C17H15F3N4O2. The summed E-state index contributed by atoms with van der Waals surface area (Å²) < 4.78 is 46.9.